The van der Waals surface area contributed by atoms with Crippen LogP contribution in [0.5, 0.6) is 0 Å². The standard InChI is InChI=1S/C13H20N2O3S/c1-4-13(5-2,8-16)15-12(18)10-6-7-11(19-10)14-9(3)17/h6-7,16H,4-5,8H2,1-3H3,(H,14,17)(H,15,18). The average Bonchev–Trinajstić information content (AvgIpc) is 2.83. The summed E-state index contributed by atoms with van der Waals surface area (Å²) in [7, 11) is 0. The van der Waals surface area contributed by atoms with Crippen LogP contribution in [0.2, 0.25) is 0 Å². The van der Waals surface area contributed by atoms with E-state index in [9.17, 15) is 14.7 Å². The number of aliphatic hydroxyl groups is 1. The Labute approximate surface area is 117 Å². The predicted octanol–water partition coefficient (Wildman–Crippen LogP) is 1.99. The Kier molecular flexibility index (Phi) is 5.50. The fourth-order valence-electron chi connectivity index (χ4n) is 1.69. The third kappa shape index (κ3) is 4.04. The fraction of sp³-hybridized carbons (Fsp3) is 0.538. The number of carbonyl (C=O) groups is 2. The smallest absolute Gasteiger partial charge is 0.261 e. The summed E-state index contributed by atoms with van der Waals surface area (Å²) in [6.07, 6.45) is 1.32. The van der Waals surface area contributed by atoms with Gasteiger partial charge in [0.1, 0.15) is 0 Å². The number of carbonyl (C=O) groups excluding carboxylic acids is 2. The summed E-state index contributed by atoms with van der Waals surface area (Å²) in [6.45, 7) is 5.19. The van der Waals surface area contributed by atoms with Crippen molar-refractivity contribution in [1.29, 1.82) is 0 Å². The van der Waals surface area contributed by atoms with Crippen molar-refractivity contribution in [3.63, 3.8) is 0 Å². The van der Waals surface area contributed by atoms with Gasteiger partial charge < -0.3 is 15.7 Å². The van der Waals surface area contributed by atoms with E-state index in [1.165, 1.54) is 18.3 Å². The normalized spacial score (nSPS) is 11.2. The summed E-state index contributed by atoms with van der Waals surface area (Å²) in [4.78, 5) is 23.6. The molecule has 0 aromatic carbocycles. The lowest BCUT2D eigenvalue weighted by Gasteiger charge is -2.30. The zero-order valence-corrected chi connectivity index (χ0v) is 12.3. The molecular weight excluding hydrogens is 264 g/mol. The van der Waals surface area contributed by atoms with E-state index in [1.807, 2.05) is 13.8 Å². The molecule has 5 nitrogen and oxygen atoms in total. The molecule has 1 aromatic rings. The summed E-state index contributed by atoms with van der Waals surface area (Å²) in [5.41, 5.74) is -0.574. The van der Waals surface area contributed by atoms with Crippen molar-refractivity contribution in [1.82, 2.24) is 5.32 Å². The van der Waals surface area contributed by atoms with Gasteiger partial charge in [0.05, 0.1) is 22.0 Å². The first-order valence-electron chi connectivity index (χ1n) is 6.27. The van der Waals surface area contributed by atoms with Gasteiger partial charge in [-0.15, -0.1) is 11.3 Å². The molecule has 0 spiro atoms. The summed E-state index contributed by atoms with van der Waals surface area (Å²) in [6, 6.07) is 3.36. The quantitative estimate of drug-likeness (QED) is 0.747. The Balaban J connectivity index is 2.77. The molecular formula is C13H20N2O3S. The summed E-state index contributed by atoms with van der Waals surface area (Å²) < 4.78 is 0. The van der Waals surface area contributed by atoms with Gasteiger partial charge in [0, 0.05) is 6.92 Å². The Morgan fingerprint density at radius 3 is 2.42 bits per heavy atom. The number of hydrogen-bond donors (Lipinski definition) is 3. The van der Waals surface area contributed by atoms with Crippen molar-refractivity contribution in [3.05, 3.63) is 17.0 Å². The van der Waals surface area contributed by atoms with Crippen molar-refractivity contribution in [2.45, 2.75) is 39.2 Å². The van der Waals surface area contributed by atoms with Crippen LogP contribution in [0.4, 0.5) is 5.00 Å². The predicted molar refractivity (Wildman–Crippen MR) is 76.5 cm³/mol. The van der Waals surface area contributed by atoms with Gasteiger partial charge in [0.2, 0.25) is 5.91 Å². The average molecular weight is 284 g/mol. The van der Waals surface area contributed by atoms with E-state index < -0.39 is 5.54 Å². The number of amides is 2. The highest BCUT2D eigenvalue weighted by molar-refractivity contribution is 7.18. The highest BCUT2D eigenvalue weighted by Crippen LogP contribution is 2.23. The van der Waals surface area contributed by atoms with Crippen LogP contribution in [0.25, 0.3) is 0 Å². The molecule has 3 N–H and O–H groups in total. The Bertz CT molecular complexity index is 444. The molecule has 0 bridgehead atoms. The Morgan fingerprint density at radius 1 is 1.32 bits per heavy atom. The number of rotatable bonds is 6. The van der Waals surface area contributed by atoms with Crippen LogP contribution in [0.15, 0.2) is 12.1 Å². The lowest BCUT2D eigenvalue weighted by Crippen LogP contribution is -2.50. The molecule has 0 saturated heterocycles. The van der Waals surface area contributed by atoms with Gasteiger partial charge >= 0.3 is 0 Å². The van der Waals surface area contributed by atoms with E-state index in [1.54, 1.807) is 12.1 Å². The number of anilines is 1. The third-order valence-corrected chi connectivity index (χ3v) is 4.16. The molecule has 1 aromatic heterocycles. The minimum absolute atomic E-state index is 0.0876. The van der Waals surface area contributed by atoms with Crippen molar-refractivity contribution < 1.29 is 14.7 Å². The molecule has 0 aliphatic carbocycles. The minimum Gasteiger partial charge on any atom is -0.394 e. The van der Waals surface area contributed by atoms with E-state index in [-0.39, 0.29) is 18.4 Å². The van der Waals surface area contributed by atoms with E-state index >= 15 is 0 Å². The summed E-state index contributed by atoms with van der Waals surface area (Å²) in [5, 5.41) is 15.6. The van der Waals surface area contributed by atoms with E-state index in [2.05, 4.69) is 10.6 Å². The number of aliphatic hydroxyl groups excluding tert-OH is 1. The highest BCUT2D eigenvalue weighted by Gasteiger charge is 2.28. The van der Waals surface area contributed by atoms with Crippen molar-refractivity contribution >= 4 is 28.2 Å². The molecule has 0 fully saturated rings. The van der Waals surface area contributed by atoms with Gasteiger partial charge in [-0.1, -0.05) is 13.8 Å². The zero-order valence-electron chi connectivity index (χ0n) is 11.4. The van der Waals surface area contributed by atoms with Gasteiger partial charge in [-0.25, -0.2) is 0 Å². The molecule has 1 rings (SSSR count). The monoisotopic (exact) mass is 284 g/mol. The van der Waals surface area contributed by atoms with Gasteiger partial charge in [-0.3, -0.25) is 9.59 Å². The SMILES string of the molecule is CCC(CC)(CO)NC(=O)c1ccc(NC(C)=O)s1. The van der Waals surface area contributed by atoms with E-state index in [0.717, 1.165) is 0 Å². The summed E-state index contributed by atoms with van der Waals surface area (Å²) >= 11 is 1.22. The van der Waals surface area contributed by atoms with Gasteiger partial charge in [-0.2, -0.15) is 0 Å². The molecule has 0 saturated carbocycles. The zero-order chi connectivity index (χ0) is 14.5. The number of nitrogens with one attached hydrogen (secondary N) is 2. The molecule has 0 aliphatic rings. The van der Waals surface area contributed by atoms with E-state index in [4.69, 9.17) is 0 Å². The van der Waals surface area contributed by atoms with Crippen LogP contribution < -0.4 is 10.6 Å². The topological polar surface area (TPSA) is 78.4 Å². The molecule has 0 aliphatic heterocycles. The van der Waals surface area contributed by atoms with Gasteiger partial charge in [-0.05, 0) is 25.0 Å². The Hall–Kier alpha value is -1.40. The molecule has 2 amide bonds. The second-order valence-corrected chi connectivity index (χ2v) is 5.53. The van der Waals surface area contributed by atoms with Crippen molar-refractivity contribution in [2.75, 3.05) is 11.9 Å². The Morgan fingerprint density at radius 2 is 1.95 bits per heavy atom. The minimum atomic E-state index is -0.574. The molecule has 0 radical (unpaired) electrons. The van der Waals surface area contributed by atoms with Gasteiger partial charge in [0.15, 0.2) is 0 Å². The highest BCUT2D eigenvalue weighted by atomic mass is 32.1. The lowest BCUT2D eigenvalue weighted by atomic mass is 9.94. The lowest BCUT2D eigenvalue weighted by molar-refractivity contribution is -0.114. The second-order valence-electron chi connectivity index (χ2n) is 4.44. The first-order chi connectivity index (χ1) is 8.96. The van der Waals surface area contributed by atoms with Crippen LogP contribution in [0.3, 0.4) is 0 Å². The van der Waals surface area contributed by atoms with Crippen LogP contribution in [0.1, 0.15) is 43.3 Å². The molecule has 106 valence electrons. The third-order valence-electron chi connectivity index (χ3n) is 3.16. The maximum atomic E-state index is 12.1. The molecule has 1 heterocycles. The number of hydrogen-bond acceptors (Lipinski definition) is 4. The maximum Gasteiger partial charge on any atom is 0.261 e. The fourth-order valence-corrected chi connectivity index (χ4v) is 2.54. The van der Waals surface area contributed by atoms with Crippen molar-refractivity contribution in [3.8, 4) is 0 Å². The van der Waals surface area contributed by atoms with Gasteiger partial charge in [0.25, 0.3) is 5.91 Å². The largest absolute Gasteiger partial charge is 0.394 e. The molecule has 19 heavy (non-hydrogen) atoms. The van der Waals surface area contributed by atoms with Crippen LogP contribution in [0, 0.1) is 0 Å². The molecule has 0 atom stereocenters. The first-order valence-corrected chi connectivity index (χ1v) is 7.08. The van der Waals surface area contributed by atoms with Crippen LogP contribution in [-0.2, 0) is 4.79 Å². The van der Waals surface area contributed by atoms with Crippen LogP contribution >= 0.6 is 11.3 Å². The molecule has 0 unspecified atom stereocenters. The van der Waals surface area contributed by atoms with Crippen molar-refractivity contribution in [2.24, 2.45) is 0 Å². The number of thiophene rings is 1. The summed E-state index contributed by atoms with van der Waals surface area (Å²) in [5.74, 6) is -0.389. The van der Waals surface area contributed by atoms with Crippen LogP contribution in [-0.4, -0.2) is 29.1 Å². The first kappa shape index (κ1) is 15.7. The van der Waals surface area contributed by atoms with E-state index in [0.29, 0.717) is 22.7 Å². The second kappa shape index (κ2) is 6.68. The molecule has 6 heteroatoms. The maximum absolute atomic E-state index is 12.1.